The van der Waals surface area contributed by atoms with Gasteiger partial charge in [0.05, 0.1) is 6.20 Å². The van der Waals surface area contributed by atoms with E-state index in [1.807, 2.05) is 30.3 Å². The number of rotatable bonds is 5. The Morgan fingerprint density at radius 1 is 1.07 bits per heavy atom. The Hall–Kier alpha value is -2.09. The Morgan fingerprint density at radius 3 is 2.33 bits per heavy atom. The first-order valence-electron chi connectivity index (χ1n) is 10.0. The molecule has 2 fully saturated rings. The lowest BCUT2D eigenvalue weighted by molar-refractivity contribution is -0.131. The van der Waals surface area contributed by atoms with E-state index in [4.69, 9.17) is 5.73 Å². The Labute approximate surface area is 188 Å². The molecule has 3 unspecified atom stereocenters. The van der Waals surface area contributed by atoms with E-state index < -0.39 is 6.04 Å². The van der Waals surface area contributed by atoms with Gasteiger partial charge in [-0.05, 0) is 43.1 Å². The molecule has 2 aromatic rings. The van der Waals surface area contributed by atoms with Crippen LogP contribution in [0.15, 0.2) is 42.6 Å². The number of nitrogens with one attached hydrogen (secondary N) is 3. The zero-order chi connectivity index (χ0) is 19.5. The maximum Gasteiger partial charge on any atom is 0.252 e. The second kappa shape index (κ2) is 10.8. The van der Waals surface area contributed by atoms with E-state index >= 15 is 0 Å². The van der Waals surface area contributed by atoms with Gasteiger partial charge in [-0.3, -0.25) is 14.7 Å². The summed E-state index contributed by atoms with van der Waals surface area (Å²) in [6.45, 7) is 0. The van der Waals surface area contributed by atoms with Gasteiger partial charge in [0, 0.05) is 18.0 Å². The number of amides is 2. The molecule has 2 aliphatic carbocycles. The number of H-pyrrole nitrogens is 1. The number of carbonyl (C=O) groups is 2. The molecule has 1 aromatic heterocycles. The van der Waals surface area contributed by atoms with Crippen LogP contribution in [0, 0.1) is 17.8 Å². The molecule has 1 heterocycles. The molecule has 7 nitrogen and oxygen atoms in total. The standard InChI is InChI=1S/C21H27N5O2.2ClH/c22-18-14-7-4-8-15(18)12-16(11-14)20(27)25-19(13-5-2-1-3-6-13)21(28)24-17-9-10-23-26-17;;/h1-3,5-6,9-10,14-16,18-19H,4,7-8,11-12,22H2,(H,25,27)(H2,23,24,26,28);2*1H. The number of halogens is 2. The van der Waals surface area contributed by atoms with Crippen molar-refractivity contribution in [3.63, 3.8) is 0 Å². The van der Waals surface area contributed by atoms with Crippen molar-refractivity contribution < 1.29 is 9.59 Å². The molecule has 2 amide bonds. The number of anilines is 1. The molecule has 0 spiro atoms. The van der Waals surface area contributed by atoms with Crippen LogP contribution < -0.4 is 16.4 Å². The Kier molecular flexibility index (Phi) is 8.70. The maximum absolute atomic E-state index is 13.1. The normalized spacial score (nSPS) is 25.8. The first-order valence-corrected chi connectivity index (χ1v) is 10.0. The van der Waals surface area contributed by atoms with Crippen LogP contribution in [0.3, 0.4) is 0 Å². The predicted molar refractivity (Wildman–Crippen MR) is 121 cm³/mol. The number of hydrogen-bond donors (Lipinski definition) is 4. The summed E-state index contributed by atoms with van der Waals surface area (Å²) in [5.74, 6) is 0.892. The van der Waals surface area contributed by atoms with Crippen LogP contribution in [0.5, 0.6) is 0 Å². The minimum atomic E-state index is -0.757. The maximum atomic E-state index is 13.1. The molecular formula is C21H29Cl2N5O2. The summed E-state index contributed by atoms with van der Waals surface area (Å²) in [5, 5.41) is 12.3. The highest BCUT2D eigenvalue weighted by Crippen LogP contribution is 2.42. The lowest BCUT2D eigenvalue weighted by Gasteiger charge is -2.43. The second-order valence-electron chi connectivity index (χ2n) is 8.01. The molecule has 9 heteroatoms. The number of benzene rings is 1. The highest BCUT2D eigenvalue weighted by molar-refractivity contribution is 5.97. The average Bonchev–Trinajstić information content (AvgIpc) is 3.19. The summed E-state index contributed by atoms with van der Waals surface area (Å²) in [5.41, 5.74) is 7.11. The third-order valence-electron chi connectivity index (χ3n) is 6.22. The number of aromatic amines is 1. The van der Waals surface area contributed by atoms with E-state index in [1.165, 1.54) is 6.42 Å². The van der Waals surface area contributed by atoms with Crippen molar-refractivity contribution >= 4 is 42.4 Å². The molecule has 164 valence electrons. The van der Waals surface area contributed by atoms with Gasteiger partial charge in [-0.15, -0.1) is 24.8 Å². The largest absolute Gasteiger partial charge is 0.340 e. The fourth-order valence-corrected chi connectivity index (χ4v) is 4.74. The number of hydrogen-bond acceptors (Lipinski definition) is 4. The van der Waals surface area contributed by atoms with Crippen molar-refractivity contribution in [2.24, 2.45) is 23.5 Å². The van der Waals surface area contributed by atoms with Crippen molar-refractivity contribution in [3.05, 3.63) is 48.2 Å². The van der Waals surface area contributed by atoms with Gasteiger partial charge >= 0.3 is 0 Å². The highest BCUT2D eigenvalue weighted by Gasteiger charge is 2.41. The van der Waals surface area contributed by atoms with Gasteiger partial charge in [-0.25, -0.2) is 0 Å². The van der Waals surface area contributed by atoms with E-state index in [9.17, 15) is 9.59 Å². The smallest absolute Gasteiger partial charge is 0.252 e. The van der Waals surface area contributed by atoms with E-state index in [-0.39, 0.29) is 48.6 Å². The summed E-state index contributed by atoms with van der Waals surface area (Å²) in [6.07, 6.45) is 6.60. The van der Waals surface area contributed by atoms with Crippen molar-refractivity contribution in [1.82, 2.24) is 15.5 Å². The van der Waals surface area contributed by atoms with Gasteiger partial charge < -0.3 is 16.4 Å². The summed E-state index contributed by atoms with van der Waals surface area (Å²) in [6, 6.07) is 10.4. The molecule has 3 atom stereocenters. The fraction of sp³-hybridized carbons (Fsp3) is 0.476. The fourth-order valence-electron chi connectivity index (χ4n) is 4.74. The quantitative estimate of drug-likeness (QED) is 0.556. The highest BCUT2D eigenvalue weighted by atomic mass is 35.5. The molecule has 4 rings (SSSR count). The minimum Gasteiger partial charge on any atom is -0.340 e. The van der Waals surface area contributed by atoms with Crippen molar-refractivity contribution in [2.75, 3.05) is 5.32 Å². The predicted octanol–water partition coefficient (Wildman–Crippen LogP) is 3.20. The number of aromatic nitrogens is 2. The second-order valence-corrected chi connectivity index (χ2v) is 8.01. The Morgan fingerprint density at radius 2 is 1.73 bits per heavy atom. The van der Waals surface area contributed by atoms with E-state index in [0.717, 1.165) is 31.2 Å². The number of carbonyl (C=O) groups excluding carboxylic acids is 2. The van der Waals surface area contributed by atoms with E-state index in [0.29, 0.717) is 17.7 Å². The molecule has 30 heavy (non-hydrogen) atoms. The first-order chi connectivity index (χ1) is 13.6. The lowest BCUT2D eigenvalue weighted by Crippen LogP contribution is -2.50. The van der Waals surface area contributed by atoms with Gasteiger partial charge in [-0.1, -0.05) is 36.8 Å². The molecule has 0 radical (unpaired) electrons. The van der Waals surface area contributed by atoms with Crippen LogP contribution in [0.25, 0.3) is 0 Å². The van der Waals surface area contributed by atoms with Crippen LogP contribution in [0.1, 0.15) is 43.7 Å². The molecule has 0 aliphatic heterocycles. The molecular weight excluding hydrogens is 425 g/mol. The minimum absolute atomic E-state index is 0. The van der Waals surface area contributed by atoms with Gasteiger partial charge in [0.25, 0.3) is 5.91 Å². The molecule has 0 saturated heterocycles. The monoisotopic (exact) mass is 453 g/mol. The van der Waals surface area contributed by atoms with E-state index in [1.54, 1.807) is 12.3 Å². The topological polar surface area (TPSA) is 113 Å². The molecule has 1 aromatic carbocycles. The third-order valence-corrected chi connectivity index (χ3v) is 6.22. The van der Waals surface area contributed by atoms with Crippen LogP contribution >= 0.6 is 24.8 Å². The van der Waals surface area contributed by atoms with Crippen molar-refractivity contribution in [2.45, 2.75) is 44.2 Å². The Balaban J connectivity index is 0.00000160. The van der Waals surface area contributed by atoms with Gasteiger partial charge in [0.2, 0.25) is 5.91 Å². The molecule has 2 bridgehead atoms. The van der Waals surface area contributed by atoms with Gasteiger partial charge in [0.15, 0.2) is 0 Å². The first kappa shape index (κ1) is 24.2. The van der Waals surface area contributed by atoms with Crippen LogP contribution in [-0.2, 0) is 9.59 Å². The van der Waals surface area contributed by atoms with Gasteiger partial charge in [0.1, 0.15) is 11.9 Å². The molecule has 5 N–H and O–H groups in total. The number of fused-ring (bicyclic) bond motifs is 2. The van der Waals surface area contributed by atoms with E-state index in [2.05, 4.69) is 20.8 Å². The average molecular weight is 454 g/mol. The zero-order valence-corrected chi connectivity index (χ0v) is 18.3. The third kappa shape index (κ3) is 5.33. The van der Waals surface area contributed by atoms with Crippen LogP contribution in [0.2, 0.25) is 0 Å². The number of nitrogens with zero attached hydrogens (tertiary/aromatic N) is 1. The summed E-state index contributed by atoms with van der Waals surface area (Å²) < 4.78 is 0. The Bertz CT molecular complexity index is 804. The lowest BCUT2D eigenvalue weighted by atomic mass is 9.65. The molecule has 2 saturated carbocycles. The van der Waals surface area contributed by atoms with Crippen LogP contribution in [0.4, 0.5) is 5.82 Å². The molecule has 2 aliphatic rings. The summed E-state index contributed by atoms with van der Waals surface area (Å²) >= 11 is 0. The van der Waals surface area contributed by atoms with Crippen molar-refractivity contribution in [1.29, 1.82) is 0 Å². The number of nitrogens with two attached hydrogens (primary N) is 1. The van der Waals surface area contributed by atoms with Crippen molar-refractivity contribution in [3.8, 4) is 0 Å². The van der Waals surface area contributed by atoms with Crippen LogP contribution in [-0.4, -0.2) is 28.1 Å². The van der Waals surface area contributed by atoms with Gasteiger partial charge in [-0.2, -0.15) is 5.10 Å². The summed E-state index contributed by atoms with van der Waals surface area (Å²) in [7, 11) is 0. The summed E-state index contributed by atoms with van der Waals surface area (Å²) in [4.78, 5) is 26.0. The SMILES string of the molecule is Cl.Cl.NC1C2CCCC1CC(C(=O)NC(C(=O)Nc1ccn[nH]1)c1ccccc1)C2. The zero-order valence-electron chi connectivity index (χ0n) is 16.6.